The second kappa shape index (κ2) is 11.8. The number of rotatable bonds is 7. The number of H-pyrrole nitrogens is 1. The van der Waals surface area contributed by atoms with E-state index >= 15 is 0 Å². The van der Waals surface area contributed by atoms with Gasteiger partial charge >= 0.3 is 6.03 Å². The maximum absolute atomic E-state index is 13.5. The summed E-state index contributed by atoms with van der Waals surface area (Å²) in [5.41, 5.74) is 6.63. The number of amides is 3. The Kier molecular flexibility index (Phi) is 8.12. The molecule has 0 bridgehead atoms. The molecular weight excluding hydrogens is 552 g/mol. The molecule has 0 aliphatic carbocycles. The average Bonchev–Trinajstić information content (AvgIpc) is 3.79. The number of nitrogens with one attached hydrogen (secondary N) is 2. The van der Waals surface area contributed by atoms with E-state index in [-0.39, 0.29) is 17.9 Å². The highest BCUT2D eigenvalue weighted by atomic mass is 32.1. The Hall–Kier alpha value is -3.58. The lowest BCUT2D eigenvalue weighted by Crippen LogP contribution is -2.41. The van der Waals surface area contributed by atoms with Crippen molar-refractivity contribution in [3.8, 4) is 11.3 Å². The fourth-order valence-corrected chi connectivity index (χ4v) is 8.15. The Balaban J connectivity index is 1.27. The predicted octanol–water partition coefficient (Wildman–Crippen LogP) is 7.72. The zero-order valence-electron chi connectivity index (χ0n) is 26.1. The molecule has 4 heterocycles. The molecule has 2 aromatic carbocycles. The SMILES string of the molecule is Cc1cc(C)cc(-c2[nH]c3sc(C(C)(C)C(=O)N4CCCC4)cc3c2[C@H](C)CNC(=O)N2CCC(c3ccccc3)C2)c1. The van der Waals surface area contributed by atoms with Crippen LogP contribution in [0.2, 0.25) is 0 Å². The van der Waals surface area contributed by atoms with Crippen LogP contribution in [-0.4, -0.2) is 59.4 Å². The van der Waals surface area contributed by atoms with Gasteiger partial charge in [-0.1, -0.05) is 54.4 Å². The quantitative estimate of drug-likeness (QED) is 0.229. The van der Waals surface area contributed by atoms with E-state index in [9.17, 15) is 9.59 Å². The van der Waals surface area contributed by atoms with Gasteiger partial charge in [-0.05, 0) is 81.8 Å². The number of carbonyl (C=O) groups excluding carboxylic acids is 2. The fourth-order valence-electron chi connectivity index (χ4n) is 6.98. The lowest BCUT2D eigenvalue weighted by atomic mass is 9.88. The third kappa shape index (κ3) is 5.84. The number of likely N-dealkylation sites (tertiary alicyclic amines) is 2. The molecule has 2 fully saturated rings. The van der Waals surface area contributed by atoms with Crippen LogP contribution in [0.1, 0.15) is 79.0 Å². The smallest absolute Gasteiger partial charge is 0.317 e. The van der Waals surface area contributed by atoms with E-state index < -0.39 is 5.41 Å². The van der Waals surface area contributed by atoms with Crippen LogP contribution >= 0.6 is 11.3 Å². The zero-order chi connectivity index (χ0) is 30.3. The Morgan fingerprint density at radius 2 is 1.70 bits per heavy atom. The minimum Gasteiger partial charge on any atom is -0.346 e. The number of nitrogens with zero attached hydrogens (tertiary/aromatic N) is 2. The number of thiophene rings is 1. The molecule has 4 aromatic rings. The molecule has 3 amide bonds. The van der Waals surface area contributed by atoms with Crippen molar-refractivity contribution in [1.82, 2.24) is 20.1 Å². The highest BCUT2D eigenvalue weighted by molar-refractivity contribution is 7.19. The van der Waals surface area contributed by atoms with Crippen molar-refractivity contribution in [3.63, 3.8) is 0 Å². The third-order valence-electron chi connectivity index (χ3n) is 9.38. The molecule has 0 radical (unpaired) electrons. The molecule has 2 aliphatic rings. The monoisotopic (exact) mass is 596 g/mol. The van der Waals surface area contributed by atoms with Crippen LogP contribution in [0, 0.1) is 13.8 Å². The summed E-state index contributed by atoms with van der Waals surface area (Å²) in [6.07, 6.45) is 3.17. The van der Waals surface area contributed by atoms with Crippen LogP contribution < -0.4 is 5.32 Å². The summed E-state index contributed by atoms with van der Waals surface area (Å²) < 4.78 is 0. The zero-order valence-corrected chi connectivity index (χ0v) is 26.9. The summed E-state index contributed by atoms with van der Waals surface area (Å²) >= 11 is 1.69. The Morgan fingerprint density at radius 3 is 2.40 bits per heavy atom. The molecule has 6 nitrogen and oxygen atoms in total. The molecule has 2 aromatic heterocycles. The molecule has 2 atom stereocenters. The average molecular weight is 597 g/mol. The number of hydrogen-bond donors (Lipinski definition) is 2. The van der Waals surface area contributed by atoms with Crippen molar-refractivity contribution < 1.29 is 9.59 Å². The molecule has 1 unspecified atom stereocenters. The van der Waals surface area contributed by atoms with Gasteiger partial charge in [-0.3, -0.25) is 4.79 Å². The summed E-state index contributed by atoms with van der Waals surface area (Å²) in [6, 6.07) is 19.4. The first-order chi connectivity index (χ1) is 20.6. The molecular formula is C36H44N4O2S. The van der Waals surface area contributed by atoms with Crippen LogP contribution in [0.4, 0.5) is 4.79 Å². The van der Waals surface area contributed by atoms with Crippen molar-refractivity contribution >= 4 is 33.5 Å². The van der Waals surface area contributed by atoms with E-state index in [1.54, 1.807) is 11.3 Å². The third-order valence-corrected chi connectivity index (χ3v) is 10.8. The van der Waals surface area contributed by atoms with Crippen molar-refractivity contribution in [2.24, 2.45) is 0 Å². The number of fused-ring (bicyclic) bond motifs is 1. The van der Waals surface area contributed by atoms with Gasteiger partial charge in [0.1, 0.15) is 4.83 Å². The minimum absolute atomic E-state index is 0.00774. The second-order valence-corrected chi connectivity index (χ2v) is 14.2. The topological polar surface area (TPSA) is 68.4 Å². The fraction of sp³-hybridized carbons (Fsp3) is 0.444. The largest absolute Gasteiger partial charge is 0.346 e. The van der Waals surface area contributed by atoms with Crippen LogP contribution in [-0.2, 0) is 10.2 Å². The van der Waals surface area contributed by atoms with E-state index in [0.717, 1.165) is 71.8 Å². The molecule has 2 N–H and O–H groups in total. The van der Waals surface area contributed by atoms with Gasteiger partial charge in [0.2, 0.25) is 5.91 Å². The van der Waals surface area contributed by atoms with Crippen LogP contribution in [0.5, 0.6) is 0 Å². The Labute approximate surface area is 259 Å². The second-order valence-electron chi connectivity index (χ2n) is 13.2. The van der Waals surface area contributed by atoms with Gasteiger partial charge in [-0.2, -0.15) is 0 Å². The molecule has 43 heavy (non-hydrogen) atoms. The summed E-state index contributed by atoms with van der Waals surface area (Å²) in [4.78, 5) is 36.7. The van der Waals surface area contributed by atoms with Gasteiger partial charge in [0.15, 0.2) is 0 Å². The van der Waals surface area contributed by atoms with Crippen LogP contribution in [0.25, 0.3) is 21.5 Å². The van der Waals surface area contributed by atoms with Gasteiger partial charge < -0.3 is 20.1 Å². The van der Waals surface area contributed by atoms with Gasteiger partial charge in [-0.25, -0.2) is 4.79 Å². The number of aromatic nitrogens is 1. The number of carbonyl (C=O) groups is 2. The first kappa shape index (κ1) is 29.5. The van der Waals surface area contributed by atoms with Gasteiger partial charge in [0, 0.05) is 54.8 Å². The molecule has 2 aliphatic heterocycles. The van der Waals surface area contributed by atoms with Crippen molar-refractivity contribution in [2.45, 2.75) is 71.1 Å². The van der Waals surface area contributed by atoms with E-state index in [1.165, 1.54) is 22.3 Å². The van der Waals surface area contributed by atoms with Gasteiger partial charge in [0.05, 0.1) is 11.1 Å². The molecule has 6 rings (SSSR count). The van der Waals surface area contributed by atoms with Crippen molar-refractivity contribution in [2.75, 3.05) is 32.7 Å². The first-order valence-electron chi connectivity index (χ1n) is 15.7. The number of benzene rings is 2. The highest BCUT2D eigenvalue weighted by Gasteiger charge is 2.37. The number of aromatic amines is 1. The molecule has 7 heteroatoms. The summed E-state index contributed by atoms with van der Waals surface area (Å²) in [5.74, 6) is 0.672. The standard InChI is InChI=1S/C36H44N4O2S/c1-23-17-24(2)19-28(18-23)32-31(25(3)21-37-35(42)40-16-13-27(22-40)26-11-7-6-8-12-26)29-20-30(43-33(29)38-32)36(4,5)34(41)39-14-9-10-15-39/h6-8,11-12,17-20,25,27,38H,9-10,13-16,21-22H2,1-5H3,(H,37,42)/t25-,27?/m1/s1. The van der Waals surface area contributed by atoms with Gasteiger partial charge in [-0.15, -0.1) is 11.3 Å². The Bertz CT molecular complexity index is 1610. The van der Waals surface area contributed by atoms with Gasteiger partial charge in [0.25, 0.3) is 0 Å². The van der Waals surface area contributed by atoms with E-state index in [2.05, 4.69) is 93.5 Å². The molecule has 226 valence electrons. The van der Waals surface area contributed by atoms with E-state index in [1.807, 2.05) is 15.9 Å². The number of hydrogen-bond acceptors (Lipinski definition) is 3. The number of aryl methyl sites for hydroxylation is 2. The minimum atomic E-state index is -0.589. The normalized spacial score (nSPS) is 18.0. The predicted molar refractivity (Wildman–Crippen MR) is 177 cm³/mol. The van der Waals surface area contributed by atoms with Crippen molar-refractivity contribution in [3.05, 3.63) is 81.7 Å². The summed E-state index contributed by atoms with van der Waals surface area (Å²) in [6.45, 7) is 14.4. The first-order valence-corrected chi connectivity index (χ1v) is 16.5. The lowest BCUT2D eigenvalue weighted by Gasteiger charge is -2.28. The summed E-state index contributed by atoms with van der Waals surface area (Å²) in [7, 11) is 0. The summed E-state index contributed by atoms with van der Waals surface area (Å²) in [5, 5.41) is 4.41. The lowest BCUT2D eigenvalue weighted by molar-refractivity contribution is -0.135. The van der Waals surface area contributed by atoms with E-state index in [0.29, 0.717) is 12.5 Å². The highest BCUT2D eigenvalue weighted by Crippen LogP contribution is 2.43. The number of urea groups is 1. The maximum Gasteiger partial charge on any atom is 0.317 e. The molecule has 0 spiro atoms. The maximum atomic E-state index is 13.5. The van der Waals surface area contributed by atoms with E-state index in [4.69, 9.17) is 0 Å². The van der Waals surface area contributed by atoms with Crippen molar-refractivity contribution in [1.29, 1.82) is 0 Å². The molecule has 0 saturated carbocycles. The van der Waals surface area contributed by atoms with Crippen LogP contribution in [0.15, 0.2) is 54.6 Å². The Morgan fingerprint density at radius 1 is 1.00 bits per heavy atom. The molecule has 2 saturated heterocycles. The van der Waals surface area contributed by atoms with Crippen LogP contribution in [0.3, 0.4) is 0 Å².